The second kappa shape index (κ2) is 5.37. The van der Waals surface area contributed by atoms with Crippen molar-refractivity contribution < 1.29 is 19.4 Å². The molecule has 0 aromatic heterocycles. The van der Waals surface area contributed by atoms with Crippen molar-refractivity contribution in [1.29, 1.82) is 0 Å². The number of ether oxygens (including phenoxy) is 1. The highest BCUT2D eigenvalue weighted by atomic mass is 32.2. The summed E-state index contributed by atoms with van der Waals surface area (Å²) in [7, 11) is 0. The lowest BCUT2D eigenvalue weighted by atomic mass is 10.0. The van der Waals surface area contributed by atoms with E-state index in [1.807, 2.05) is 6.92 Å². The Kier molecular flexibility index (Phi) is 4.41. The molecule has 0 spiro atoms. The molecule has 1 aliphatic rings. The van der Waals surface area contributed by atoms with Gasteiger partial charge in [0.05, 0.1) is 23.7 Å². The smallest absolute Gasteiger partial charge is 0.313 e. The van der Waals surface area contributed by atoms with Crippen molar-refractivity contribution in [2.45, 2.75) is 18.9 Å². The van der Waals surface area contributed by atoms with E-state index in [1.165, 1.54) is 0 Å². The lowest BCUT2D eigenvalue weighted by Gasteiger charge is -2.23. The van der Waals surface area contributed by atoms with Gasteiger partial charge in [-0.2, -0.15) is 0 Å². The Bertz CT molecular complexity index is 250. The summed E-state index contributed by atoms with van der Waals surface area (Å²) in [6.45, 7) is 3.13. The van der Waals surface area contributed by atoms with E-state index in [4.69, 9.17) is 9.84 Å². The monoisotopic (exact) mass is 233 g/mol. The maximum absolute atomic E-state index is 11.4. The van der Waals surface area contributed by atoms with Gasteiger partial charge in [0.25, 0.3) is 0 Å². The first-order valence-electron chi connectivity index (χ1n) is 4.70. The zero-order valence-electron chi connectivity index (χ0n) is 8.62. The molecule has 2 N–H and O–H groups in total. The Labute approximate surface area is 92.6 Å². The molecule has 5 nitrogen and oxygen atoms in total. The molecule has 0 radical (unpaired) electrons. The molecule has 1 saturated heterocycles. The summed E-state index contributed by atoms with van der Waals surface area (Å²) in [6, 6.07) is 0. The third-order valence-corrected chi connectivity index (χ3v) is 3.04. The van der Waals surface area contributed by atoms with E-state index in [-0.39, 0.29) is 23.0 Å². The second-order valence-electron chi connectivity index (χ2n) is 3.80. The molecule has 1 atom stereocenters. The van der Waals surface area contributed by atoms with E-state index in [1.54, 1.807) is 0 Å². The van der Waals surface area contributed by atoms with Gasteiger partial charge in [0, 0.05) is 6.61 Å². The minimum Gasteiger partial charge on any atom is -0.481 e. The molecule has 1 fully saturated rings. The lowest BCUT2D eigenvalue weighted by molar-refractivity contribution is -0.133. The maximum Gasteiger partial charge on any atom is 0.313 e. The van der Waals surface area contributed by atoms with Crippen LogP contribution >= 0.6 is 11.8 Å². The van der Waals surface area contributed by atoms with E-state index < -0.39 is 5.97 Å². The van der Waals surface area contributed by atoms with Gasteiger partial charge in [0.15, 0.2) is 0 Å². The lowest BCUT2D eigenvalue weighted by Crippen LogP contribution is -2.47. The summed E-state index contributed by atoms with van der Waals surface area (Å²) in [5, 5.41) is 11.2. The van der Waals surface area contributed by atoms with Gasteiger partial charge in [-0.3, -0.25) is 9.59 Å². The number of carbonyl (C=O) groups is 2. The Hall–Kier alpha value is -0.750. The zero-order valence-corrected chi connectivity index (χ0v) is 9.43. The molecule has 6 heteroatoms. The molecule has 1 unspecified atom stereocenters. The molecule has 1 rings (SSSR count). The summed E-state index contributed by atoms with van der Waals surface area (Å²) in [6.07, 6.45) is 0.808. The van der Waals surface area contributed by atoms with Crippen LogP contribution in [0.1, 0.15) is 13.3 Å². The topological polar surface area (TPSA) is 75.6 Å². The standard InChI is InChI=1S/C9H15NO4S/c1-9(2-3-14-6-9)10-7(11)4-15-5-8(12)13/h2-6H2,1H3,(H,10,11)(H,12,13). The largest absolute Gasteiger partial charge is 0.481 e. The summed E-state index contributed by atoms with van der Waals surface area (Å²) in [5.74, 6) is -0.889. The highest BCUT2D eigenvalue weighted by Gasteiger charge is 2.30. The third-order valence-electron chi connectivity index (χ3n) is 2.12. The minimum atomic E-state index is -0.900. The molecule has 0 aromatic carbocycles. The fourth-order valence-corrected chi connectivity index (χ4v) is 1.90. The molecule has 15 heavy (non-hydrogen) atoms. The number of amides is 1. The molecule has 0 saturated carbocycles. The van der Waals surface area contributed by atoms with E-state index in [0.29, 0.717) is 13.2 Å². The number of rotatable bonds is 5. The number of carboxylic acids is 1. The third kappa shape index (κ3) is 4.53. The Morgan fingerprint density at radius 3 is 2.80 bits per heavy atom. The summed E-state index contributed by atoms with van der Waals surface area (Å²) in [5.41, 5.74) is -0.277. The molecule has 1 heterocycles. The number of aliphatic carboxylic acids is 1. The first-order valence-corrected chi connectivity index (χ1v) is 5.86. The second-order valence-corrected chi connectivity index (χ2v) is 4.78. The number of thioether (sulfide) groups is 1. The quantitative estimate of drug-likeness (QED) is 0.704. The van der Waals surface area contributed by atoms with Crippen LogP contribution in [0.25, 0.3) is 0 Å². The zero-order chi connectivity index (χ0) is 11.3. The van der Waals surface area contributed by atoms with Gasteiger partial charge in [-0.1, -0.05) is 0 Å². The normalized spacial score (nSPS) is 25.1. The van der Waals surface area contributed by atoms with Crippen molar-refractivity contribution >= 4 is 23.6 Å². The van der Waals surface area contributed by atoms with Crippen LogP contribution in [0.2, 0.25) is 0 Å². The summed E-state index contributed by atoms with van der Waals surface area (Å²) < 4.78 is 5.19. The van der Waals surface area contributed by atoms with Crippen LogP contribution in [0, 0.1) is 0 Å². The maximum atomic E-state index is 11.4. The van der Waals surface area contributed by atoms with E-state index in [9.17, 15) is 9.59 Å². The Balaban J connectivity index is 2.20. The summed E-state index contributed by atoms with van der Waals surface area (Å²) in [4.78, 5) is 21.6. The van der Waals surface area contributed by atoms with E-state index >= 15 is 0 Å². The van der Waals surface area contributed by atoms with Crippen LogP contribution < -0.4 is 5.32 Å². The van der Waals surface area contributed by atoms with Gasteiger partial charge in [-0.25, -0.2) is 0 Å². The molecule has 0 bridgehead atoms. The van der Waals surface area contributed by atoms with Crippen LogP contribution in [-0.4, -0.2) is 47.2 Å². The van der Waals surface area contributed by atoms with Crippen LogP contribution in [0.4, 0.5) is 0 Å². The average molecular weight is 233 g/mol. The van der Waals surface area contributed by atoms with Crippen LogP contribution in [-0.2, 0) is 14.3 Å². The average Bonchev–Trinajstić information content (AvgIpc) is 2.50. The van der Waals surface area contributed by atoms with Crippen molar-refractivity contribution in [3.8, 4) is 0 Å². The molecular formula is C9H15NO4S. The van der Waals surface area contributed by atoms with Crippen molar-refractivity contribution in [2.75, 3.05) is 24.7 Å². The molecule has 0 aromatic rings. The van der Waals surface area contributed by atoms with Gasteiger partial charge >= 0.3 is 5.97 Å². The summed E-state index contributed by atoms with van der Waals surface area (Å²) >= 11 is 1.10. The van der Waals surface area contributed by atoms with Crippen LogP contribution in [0.5, 0.6) is 0 Å². The fourth-order valence-electron chi connectivity index (χ4n) is 1.37. The SMILES string of the molecule is CC1(NC(=O)CSCC(=O)O)CCOC1. The van der Waals surface area contributed by atoms with Gasteiger partial charge in [0.2, 0.25) is 5.91 Å². The number of hydrogen-bond donors (Lipinski definition) is 2. The molecular weight excluding hydrogens is 218 g/mol. The van der Waals surface area contributed by atoms with Crippen LogP contribution in [0.15, 0.2) is 0 Å². The first kappa shape index (κ1) is 12.3. The van der Waals surface area contributed by atoms with Crippen LogP contribution in [0.3, 0.4) is 0 Å². The van der Waals surface area contributed by atoms with Gasteiger partial charge < -0.3 is 15.2 Å². The van der Waals surface area contributed by atoms with Crippen molar-refractivity contribution in [2.24, 2.45) is 0 Å². The molecule has 0 aliphatic carbocycles. The van der Waals surface area contributed by atoms with Crippen molar-refractivity contribution in [3.63, 3.8) is 0 Å². The number of nitrogens with one attached hydrogen (secondary N) is 1. The highest BCUT2D eigenvalue weighted by Crippen LogP contribution is 2.17. The predicted octanol–water partition coefficient (Wildman–Crippen LogP) is 0.0994. The van der Waals surface area contributed by atoms with Crippen molar-refractivity contribution in [3.05, 3.63) is 0 Å². The number of carbonyl (C=O) groups excluding carboxylic acids is 1. The van der Waals surface area contributed by atoms with E-state index in [0.717, 1.165) is 18.2 Å². The molecule has 1 aliphatic heterocycles. The van der Waals surface area contributed by atoms with Gasteiger partial charge in [-0.05, 0) is 13.3 Å². The van der Waals surface area contributed by atoms with Crippen molar-refractivity contribution in [1.82, 2.24) is 5.32 Å². The highest BCUT2D eigenvalue weighted by molar-refractivity contribution is 8.00. The van der Waals surface area contributed by atoms with Gasteiger partial charge in [-0.15, -0.1) is 11.8 Å². The molecule has 1 amide bonds. The fraction of sp³-hybridized carbons (Fsp3) is 0.778. The number of carboxylic acid groups (broad SMARTS) is 1. The number of hydrogen-bond acceptors (Lipinski definition) is 4. The first-order chi connectivity index (χ1) is 7.02. The molecule has 86 valence electrons. The van der Waals surface area contributed by atoms with Gasteiger partial charge in [0.1, 0.15) is 0 Å². The van der Waals surface area contributed by atoms with E-state index in [2.05, 4.69) is 5.32 Å². The minimum absolute atomic E-state index is 0.0410. The predicted molar refractivity (Wildman–Crippen MR) is 56.9 cm³/mol. The Morgan fingerprint density at radius 2 is 2.27 bits per heavy atom. The Morgan fingerprint density at radius 1 is 1.53 bits per heavy atom.